The highest BCUT2D eigenvalue weighted by Crippen LogP contribution is 2.22. The van der Waals surface area contributed by atoms with Crippen molar-refractivity contribution in [3.05, 3.63) is 58.6 Å². The molecule has 2 N–H and O–H groups in total. The van der Waals surface area contributed by atoms with Crippen LogP contribution in [0.2, 0.25) is 0 Å². The SMILES string of the molecule is O=C(CNc1cc(F)ccc1Br)Nc1cccc(F)c1. The number of nitrogens with one attached hydrogen (secondary N) is 2. The number of rotatable bonds is 4. The molecule has 104 valence electrons. The summed E-state index contributed by atoms with van der Waals surface area (Å²) in [4.78, 5) is 11.7. The van der Waals surface area contributed by atoms with Crippen LogP contribution in [0.15, 0.2) is 46.9 Å². The van der Waals surface area contributed by atoms with Gasteiger partial charge in [-0.3, -0.25) is 4.79 Å². The van der Waals surface area contributed by atoms with Gasteiger partial charge in [0.25, 0.3) is 0 Å². The van der Waals surface area contributed by atoms with Crippen molar-refractivity contribution in [1.29, 1.82) is 0 Å². The fourth-order valence-corrected chi connectivity index (χ4v) is 1.97. The first-order valence-corrected chi connectivity index (χ1v) is 6.58. The van der Waals surface area contributed by atoms with E-state index in [0.29, 0.717) is 15.8 Å². The van der Waals surface area contributed by atoms with Crippen LogP contribution in [0.4, 0.5) is 20.2 Å². The first-order chi connectivity index (χ1) is 9.54. The lowest BCUT2D eigenvalue weighted by atomic mass is 10.3. The molecule has 0 aliphatic rings. The Bertz CT molecular complexity index is 634. The third-order valence-electron chi connectivity index (χ3n) is 2.48. The van der Waals surface area contributed by atoms with Crippen molar-refractivity contribution in [1.82, 2.24) is 0 Å². The van der Waals surface area contributed by atoms with Gasteiger partial charge in [-0.05, 0) is 52.3 Å². The van der Waals surface area contributed by atoms with Crippen LogP contribution in [0, 0.1) is 11.6 Å². The van der Waals surface area contributed by atoms with E-state index in [1.54, 1.807) is 12.1 Å². The maximum absolute atomic E-state index is 13.1. The van der Waals surface area contributed by atoms with Crippen LogP contribution < -0.4 is 10.6 Å². The Labute approximate surface area is 123 Å². The number of carbonyl (C=O) groups excluding carboxylic acids is 1. The number of halogens is 3. The fourth-order valence-electron chi connectivity index (χ4n) is 1.58. The molecule has 2 aromatic rings. The molecule has 0 spiro atoms. The third kappa shape index (κ3) is 4.03. The van der Waals surface area contributed by atoms with Crippen LogP contribution in [0.1, 0.15) is 0 Å². The monoisotopic (exact) mass is 340 g/mol. The van der Waals surface area contributed by atoms with Gasteiger partial charge in [0.1, 0.15) is 11.6 Å². The Morgan fingerprint density at radius 2 is 1.85 bits per heavy atom. The lowest BCUT2D eigenvalue weighted by Gasteiger charge is -2.09. The first-order valence-electron chi connectivity index (χ1n) is 5.79. The summed E-state index contributed by atoms with van der Waals surface area (Å²) in [5.41, 5.74) is 0.842. The van der Waals surface area contributed by atoms with Crippen molar-refractivity contribution in [2.75, 3.05) is 17.2 Å². The first kappa shape index (κ1) is 14.5. The van der Waals surface area contributed by atoms with E-state index in [4.69, 9.17) is 0 Å². The molecule has 0 heterocycles. The molecule has 6 heteroatoms. The molecule has 0 saturated carbocycles. The molecule has 20 heavy (non-hydrogen) atoms. The Morgan fingerprint density at radius 1 is 1.10 bits per heavy atom. The second-order valence-corrected chi connectivity index (χ2v) is 4.89. The molecule has 2 aromatic carbocycles. The van der Waals surface area contributed by atoms with Crippen LogP contribution in [-0.2, 0) is 4.79 Å². The normalized spacial score (nSPS) is 10.2. The second kappa shape index (κ2) is 6.47. The number of hydrogen-bond acceptors (Lipinski definition) is 2. The largest absolute Gasteiger partial charge is 0.375 e. The van der Waals surface area contributed by atoms with E-state index in [2.05, 4.69) is 26.6 Å². The van der Waals surface area contributed by atoms with Gasteiger partial charge in [-0.1, -0.05) is 6.07 Å². The van der Waals surface area contributed by atoms with E-state index >= 15 is 0 Å². The van der Waals surface area contributed by atoms with Crippen LogP contribution in [0.25, 0.3) is 0 Å². The molecule has 0 aliphatic carbocycles. The van der Waals surface area contributed by atoms with Crippen molar-refractivity contribution in [3.8, 4) is 0 Å². The summed E-state index contributed by atoms with van der Waals surface area (Å²) in [6.07, 6.45) is 0. The average Bonchev–Trinajstić information content (AvgIpc) is 2.40. The summed E-state index contributed by atoms with van der Waals surface area (Å²) in [6, 6.07) is 9.72. The quantitative estimate of drug-likeness (QED) is 0.889. The Balaban J connectivity index is 1.94. The Hall–Kier alpha value is -1.95. The summed E-state index contributed by atoms with van der Waals surface area (Å²) >= 11 is 3.25. The van der Waals surface area contributed by atoms with Crippen molar-refractivity contribution in [2.45, 2.75) is 0 Å². The number of benzene rings is 2. The fraction of sp³-hybridized carbons (Fsp3) is 0.0714. The molecule has 0 aliphatic heterocycles. The summed E-state index contributed by atoms with van der Waals surface area (Å²) in [6.45, 7) is -0.0570. The molecule has 0 saturated heterocycles. The van der Waals surface area contributed by atoms with Crippen molar-refractivity contribution < 1.29 is 13.6 Å². The van der Waals surface area contributed by atoms with Gasteiger partial charge in [0.2, 0.25) is 5.91 Å². The number of hydrogen-bond donors (Lipinski definition) is 2. The Morgan fingerprint density at radius 3 is 2.60 bits per heavy atom. The van der Waals surface area contributed by atoms with E-state index in [9.17, 15) is 13.6 Å². The van der Waals surface area contributed by atoms with Gasteiger partial charge < -0.3 is 10.6 Å². The van der Waals surface area contributed by atoms with Gasteiger partial charge in [0, 0.05) is 10.2 Å². The highest BCUT2D eigenvalue weighted by molar-refractivity contribution is 9.10. The van der Waals surface area contributed by atoms with Gasteiger partial charge in [-0.2, -0.15) is 0 Å². The van der Waals surface area contributed by atoms with Crippen LogP contribution >= 0.6 is 15.9 Å². The topological polar surface area (TPSA) is 41.1 Å². The maximum atomic E-state index is 13.1. The molecule has 0 radical (unpaired) electrons. The minimum absolute atomic E-state index is 0.0570. The average molecular weight is 341 g/mol. The smallest absolute Gasteiger partial charge is 0.243 e. The van der Waals surface area contributed by atoms with E-state index in [1.165, 1.54) is 30.3 Å². The van der Waals surface area contributed by atoms with Crippen molar-refractivity contribution in [3.63, 3.8) is 0 Å². The molecular weight excluding hydrogens is 330 g/mol. The molecule has 2 rings (SSSR count). The lowest BCUT2D eigenvalue weighted by Crippen LogP contribution is -2.22. The van der Waals surface area contributed by atoms with Crippen LogP contribution in [0.3, 0.4) is 0 Å². The van der Waals surface area contributed by atoms with Crippen molar-refractivity contribution in [2.24, 2.45) is 0 Å². The molecule has 0 unspecified atom stereocenters. The summed E-state index contributed by atoms with van der Waals surface area (Å²) in [5.74, 6) is -1.18. The van der Waals surface area contributed by atoms with Crippen LogP contribution in [0.5, 0.6) is 0 Å². The summed E-state index contributed by atoms with van der Waals surface area (Å²) in [5, 5.41) is 5.33. The molecule has 0 aromatic heterocycles. The molecular formula is C14H11BrF2N2O. The predicted molar refractivity (Wildman–Crippen MR) is 77.6 cm³/mol. The standard InChI is InChI=1S/C14H11BrF2N2O/c15-12-5-4-10(17)7-13(12)18-8-14(20)19-11-3-1-2-9(16)6-11/h1-7,18H,8H2,(H,19,20). The number of carbonyl (C=O) groups is 1. The number of anilines is 2. The van der Waals surface area contributed by atoms with Gasteiger partial charge in [0.15, 0.2) is 0 Å². The van der Waals surface area contributed by atoms with E-state index in [0.717, 1.165) is 0 Å². The van der Waals surface area contributed by atoms with Gasteiger partial charge in [0.05, 0.1) is 12.2 Å². The summed E-state index contributed by atoms with van der Waals surface area (Å²) < 4.78 is 26.7. The third-order valence-corrected chi connectivity index (χ3v) is 3.17. The molecule has 1 amide bonds. The minimum Gasteiger partial charge on any atom is -0.375 e. The molecule has 3 nitrogen and oxygen atoms in total. The zero-order valence-electron chi connectivity index (χ0n) is 10.3. The number of amides is 1. The summed E-state index contributed by atoms with van der Waals surface area (Å²) in [7, 11) is 0. The maximum Gasteiger partial charge on any atom is 0.243 e. The predicted octanol–water partition coefficient (Wildman–Crippen LogP) is 3.78. The highest BCUT2D eigenvalue weighted by atomic mass is 79.9. The molecule has 0 fully saturated rings. The highest BCUT2D eigenvalue weighted by Gasteiger charge is 2.06. The van der Waals surface area contributed by atoms with E-state index in [1.807, 2.05) is 0 Å². The minimum atomic E-state index is -0.427. The van der Waals surface area contributed by atoms with E-state index < -0.39 is 11.6 Å². The molecule has 0 atom stereocenters. The molecule has 0 bridgehead atoms. The van der Waals surface area contributed by atoms with Gasteiger partial charge in [-0.25, -0.2) is 8.78 Å². The van der Waals surface area contributed by atoms with Crippen molar-refractivity contribution >= 4 is 33.2 Å². The van der Waals surface area contributed by atoms with Gasteiger partial charge in [-0.15, -0.1) is 0 Å². The van der Waals surface area contributed by atoms with Crippen LogP contribution in [-0.4, -0.2) is 12.5 Å². The lowest BCUT2D eigenvalue weighted by molar-refractivity contribution is -0.114. The van der Waals surface area contributed by atoms with Gasteiger partial charge >= 0.3 is 0 Å². The second-order valence-electron chi connectivity index (χ2n) is 4.04. The zero-order chi connectivity index (χ0) is 14.5. The van der Waals surface area contributed by atoms with E-state index in [-0.39, 0.29) is 12.5 Å². The zero-order valence-corrected chi connectivity index (χ0v) is 11.9. The Kier molecular flexibility index (Phi) is 4.68.